The Hall–Kier alpha value is -1.43. The van der Waals surface area contributed by atoms with E-state index < -0.39 is 11.7 Å². The highest BCUT2D eigenvalue weighted by Gasteiger charge is 2.31. The zero-order chi connectivity index (χ0) is 14.0. The number of rotatable bonds is 2. The van der Waals surface area contributed by atoms with Crippen molar-refractivity contribution < 1.29 is 17.9 Å². The lowest BCUT2D eigenvalue weighted by Crippen LogP contribution is -2.35. The first-order chi connectivity index (χ1) is 8.84. The largest absolute Gasteiger partial charge is 0.490 e. The van der Waals surface area contributed by atoms with Crippen molar-refractivity contribution in [2.45, 2.75) is 25.1 Å². The zero-order valence-electron chi connectivity index (χ0n) is 10.7. The molecule has 1 fully saturated rings. The van der Waals surface area contributed by atoms with Gasteiger partial charge in [0, 0.05) is 24.8 Å². The molecule has 0 amide bonds. The van der Waals surface area contributed by atoms with Gasteiger partial charge in [-0.25, -0.2) is 0 Å². The fourth-order valence-corrected chi connectivity index (χ4v) is 2.15. The number of halogens is 3. The topological polar surface area (TPSA) is 38.5 Å². The van der Waals surface area contributed by atoms with Gasteiger partial charge < -0.3 is 15.4 Å². The molecule has 0 unspecified atom stereocenters. The second kappa shape index (κ2) is 5.28. The van der Waals surface area contributed by atoms with E-state index in [-0.39, 0.29) is 17.5 Å². The minimum atomic E-state index is -4.40. The number of ether oxygens (including phenoxy) is 1. The number of likely N-dealkylation sites (tertiary alicyclic amines) is 1. The highest BCUT2D eigenvalue weighted by molar-refractivity contribution is 5.48. The number of hydrogen-bond donors (Lipinski definition) is 1. The van der Waals surface area contributed by atoms with Gasteiger partial charge in [0.25, 0.3) is 0 Å². The molecule has 6 heteroatoms. The van der Waals surface area contributed by atoms with Gasteiger partial charge in [0.1, 0.15) is 11.9 Å². The van der Waals surface area contributed by atoms with Crippen LogP contribution in [0.2, 0.25) is 0 Å². The number of piperidine rings is 1. The Morgan fingerprint density at radius 3 is 2.42 bits per heavy atom. The van der Waals surface area contributed by atoms with Crippen LogP contribution in [-0.4, -0.2) is 31.1 Å². The normalized spacial score (nSPS) is 18.5. The van der Waals surface area contributed by atoms with Crippen molar-refractivity contribution in [1.29, 1.82) is 0 Å². The molecule has 0 aliphatic carbocycles. The summed E-state index contributed by atoms with van der Waals surface area (Å²) in [6.45, 7) is 1.78. The number of nitrogen functional groups attached to an aromatic ring is 1. The Labute approximate surface area is 110 Å². The highest BCUT2D eigenvalue weighted by Crippen LogP contribution is 2.34. The van der Waals surface area contributed by atoms with Crippen LogP contribution in [0.15, 0.2) is 18.2 Å². The first-order valence-corrected chi connectivity index (χ1v) is 6.17. The van der Waals surface area contributed by atoms with Crippen molar-refractivity contribution in [3.8, 4) is 5.75 Å². The molecular weight excluding hydrogens is 257 g/mol. The van der Waals surface area contributed by atoms with Gasteiger partial charge in [-0.05, 0) is 32.0 Å². The smallest absolute Gasteiger partial charge is 0.416 e. The summed E-state index contributed by atoms with van der Waals surface area (Å²) in [6.07, 6.45) is -2.82. The number of anilines is 1. The van der Waals surface area contributed by atoms with E-state index in [2.05, 4.69) is 4.90 Å². The molecule has 1 heterocycles. The summed E-state index contributed by atoms with van der Waals surface area (Å²) < 4.78 is 43.6. The van der Waals surface area contributed by atoms with Gasteiger partial charge in [-0.3, -0.25) is 0 Å². The van der Waals surface area contributed by atoms with Gasteiger partial charge >= 0.3 is 6.18 Å². The van der Waals surface area contributed by atoms with Crippen LogP contribution in [0, 0.1) is 0 Å². The molecule has 1 aliphatic heterocycles. The molecule has 1 aromatic carbocycles. The average molecular weight is 274 g/mol. The Balaban J connectivity index is 2.10. The molecule has 3 nitrogen and oxygen atoms in total. The van der Waals surface area contributed by atoms with Crippen LogP contribution in [0.5, 0.6) is 5.75 Å². The zero-order valence-corrected chi connectivity index (χ0v) is 10.7. The van der Waals surface area contributed by atoms with E-state index in [1.807, 2.05) is 7.05 Å². The third kappa shape index (κ3) is 3.76. The number of hydrogen-bond acceptors (Lipinski definition) is 3. The summed E-state index contributed by atoms with van der Waals surface area (Å²) in [5.41, 5.74) is 4.79. The van der Waals surface area contributed by atoms with Crippen LogP contribution >= 0.6 is 0 Å². The summed E-state index contributed by atoms with van der Waals surface area (Å²) in [6, 6.07) is 3.36. The molecule has 2 rings (SSSR count). The van der Waals surface area contributed by atoms with Gasteiger partial charge in [-0.15, -0.1) is 0 Å². The lowest BCUT2D eigenvalue weighted by Gasteiger charge is -2.29. The predicted octanol–water partition coefficient (Wildman–Crippen LogP) is 2.76. The molecule has 106 valence electrons. The van der Waals surface area contributed by atoms with E-state index >= 15 is 0 Å². The molecule has 19 heavy (non-hydrogen) atoms. The standard InChI is InChI=1S/C13H17F3N2O/c1-18-4-2-11(3-5-18)19-12-7-9(13(14,15)16)6-10(17)8-12/h6-8,11H,2-5,17H2,1H3. The van der Waals surface area contributed by atoms with Crippen LogP contribution in [0.25, 0.3) is 0 Å². The third-order valence-electron chi connectivity index (χ3n) is 3.22. The van der Waals surface area contributed by atoms with Gasteiger partial charge in [0.15, 0.2) is 0 Å². The van der Waals surface area contributed by atoms with E-state index in [1.165, 1.54) is 6.07 Å². The maximum Gasteiger partial charge on any atom is 0.416 e. The number of nitrogens with two attached hydrogens (primary N) is 1. The van der Waals surface area contributed by atoms with E-state index in [4.69, 9.17) is 10.5 Å². The minimum Gasteiger partial charge on any atom is -0.490 e. The fraction of sp³-hybridized carbons (Fsp3) is 0.538. The van der Waals surface area contributed by atoms with Gasteiger partial charge in [-0.1, -0.05) is 0 Å². The maximum absolute atomic E-state index is 12.7. The van der Waals surface area contributed by atoms with E-state index in [1.54, 1.807) is 0 Å². The summed E-state index contributed by atoms with van der Waals surface area (Å²) in [7, 11) is 2.01. The molecule has 0 saturated carbocycles. The SMILES string of the molecule is CN1CCC(Oc2cc(N)cc(C(F)(F)F)c2)CC1. The van der Waals surface area contributed by atoms with Crippen LogP contribution in [-0.2, 0) is 6.18 Å². The quantitative estimate of drug-likeness (QED) is 0.843. The van der Waals surface area contributed by atoms with Crippen molar-refractivity contribution >= 4 is 5.69 Å². The Kier molecular flexibility index (Phi) is 3.89. The lowest BCUT2D eigenvalue weighted by atomic mass is 10.1. The molecule has 2 N–H and O–H groups in total. The highest BCUT2D eigenvalue weighted by atomic mass is 19.4. The molecule has 1 aromatic rings. The van der Waals surface area contributed by atoms with Crippen molar-refractivity contribution in [3.63, 3.8) is 0 Å². The molecule has 0 aromatic heterocycles. The lowest BCUT2D eigenvalue weighted by molar-refractivity contribution is -0.137. The van der Waals surface area contributed by atoms with Crippen LogP contribution < -0.4 is 10.5 Å². The van der Waals surface area contributed by atoms with Crippen molar-refractivity contribution in [2.24, 2.45) is 0 Å². The summed E-state index contributed by atoms with van der Waals surface area (Å²) >= 11 is 0. The second-order valence-corrected chi connectivity index (χ2v) is 4.91. The molecule has 0 atom stereocenters. The maximum atomic E-state index is 12.7. The van der Waals surface area contributed by atoms with Crippen molar-refractivity contribution in [1.82, 2.24) is 4.90 Å². The second-order valence-electron chi connectivity index (χ2n) is 4.91. The Morgan fingerprint density at radius 1 is 1.21 bits per heavy atom. The summed E-state index contributed by atoms with van der Waals surface area (Å²) in [4.78, 5) is 2.17. The monoisotopic (exact) mass is 274 g/mol. The van der Waals surface area contributed by atoms with E-state index in [9.17, 15) is 13.2 Å². The van der Waals surface area contributed by atoms with Crippen LogP contribution in [0.3, 0.4) is 0 Å². The summed E-state index contributed by atoms with van der Waals surface area (Å²) in [5, 5.41) is 0. The molecule has 0 spiro atoms. The predicted molar refractivity (Wildman–Crippen MR) is 67.0 cm³/mol. The fourth-order valence-electron chi connectivity index (χ4n) is 2.15. The third-order valence-corrected chi connectivity index (χ3v) is 3.22. The van der Waals surface area contributed by atoms with Crippen LogP contribution in [0.1, 0.15) is 18.4 Å². The van der Waals surface area contributed by atoms with E-state index in [0.717, 1.165) is 38.1 Å². The molecule has 1 saturated heterocycles. The Morgan fingerprint density at radius 2 is 1.84 bits per heavy atom. The first kappa shape index (κ1) is 14.0. The summed E-state index contributed by atoms with van der Waals surface area (Å²) in [5.74, 6) is 0.196. The van der Waals surface area contributed by atoms with Gasteiger partial charge in [-0.2, -0.15) is 13.2 Å². The van der Waals surface area contributed by atoms with Crippen molar-refractivity contribution in [3.05, 3.63) is 23.8 Å². The number of alkyl halides is 3. The minimum absolute atomic E-state index is 0.0425. The molecule has 0 bridgehead atoms. The van der Waals surface area contributed by atoms with Gasteiger partial charge in [0.2, 0.25) is 0 Å². The Bertz CT molecular complexity index is 440. The van der Waals surface area contributed by atoms with Gasteiger partial charge in [0.05, 0.1) is 5.56 Å². The van der Waals surface area contributed by atoms with Crippen molar-refractivity contribution in [2.75, 3.05) is 25.9 Å². The molecular formula is C13H17F3N2O. The number of nitrogens with zero attached hydrogens (tertiary/aromatic N) is 1. The van der Waals surface area contributed by atoms with E-state index in [0.29, 0.717) is 0 Å². The first-order valence-electron chi connectivity index (χ1n) is 6.17. The van der Waals surface area contributed by atoms with Crippen LogP contribution in [0.4, 0.5) is 18.9 Å². The molecule has 0 radical (unpaired) electrons. The average Bonchev–Trinajstić information content (AvgIpc) is 2.30. The number of benzene rings is 1. The molecule has 1 aliphatic rings.